The van der Waals surface area contributed by atoms with E-state index in [9.17, 15) is 31.2 Å². The molecule has 1 aliphatic heterocycles. The van der Waals surface area contributed by atoms with E-state index in [0.29, 0.717) is 16.2 Å². The molecule has 0 saturated carbocycles. The molecule has 1 heterocycles. The summed E-state index contributed by atoms with van der Waals surface area (Å²) in [5.41, 5.74) is 3.97. The third-order valence-corrected chi connectivity index (χ3v) is 10.2. The number of nitrogens with zero attached hydrogens (tertiary/aromatic N) is 2. The van der Waals surface area contributed by atoms with Crippen molar-refractivity contribution in [2.24, 2.45) is 0 Å². The first-order valence-electron chi connectivity index (χ1n) is 13.7. The van der Waals surface area contributed by atoms with Crippen molar-refractivity contribution in [3.63, 3.8) is 0 Å². The molecule has 3 aromatic carbocycles. The molecule has 230 valence electrons. The van der Waals surface area contributed by atoms with E-state index in [1.54, 1.807) is 4.90 Å². The minimum atomic E-state index is -4.53. The predicted octanol–water partition coefficient (Wildman–Crippen LogP) is 5.41. The van der Waals surface area contributed by atoms with Gasteiger partial charge in [-0.3, -0.25) is 9.59 Å². The van der Waals surface area contributed by atoms with Crippen LogP contribution in [0.25, 0.3) is 0 Å². The van der Waals surface area contributed by atoms with Crippen LogP contribution < -0.4 is 10.1 Å². The maximum Gasteiger partial charge on any atom is 0.416 e. The van der Waals surface area contributed by atoms with Crippen molar-refractivity contribution in [1.82, 2.24) is 9.21 Å². The molecule has 0 aromatic heterocycles. The van der Waals surface area contributed by atoms with Gasteiger partial charge in [-0.15, -0.1) is 0 Å². The van der Waals surface area contributed by atoms with E-state index in [0.717, 1.165) is 39.9 Å². The molecule has 43 heavy (non-hydrogen) atoms. The number of anilines is 1. The zero-order valence-electron chi connectivity index (χ0n) is 24.6. The van der Waals surface area contributed by atoms with Gasteiger partial charge in [0, 0.05) is 37.4 Å². The number of hydrogen-bond donors (Lipinski definition) is 1. The third kappa shape index (κ3) is 6.86. The van der Waals surface area contributed by atoms with E-state index in [2.05, 4.69) is 5.32 Å². The lowest BCUT2D eigenvalue weighted by Crippen LogP contribution is -2.50. The monoisotopic (exact) mass is 617 g/mol. The lowest BCUT2D eigenvalue weighted by molar-refractivity contribution is -0.137. The van der Waals surface area contributed by atoms with Crippen LogP contribution in [0, 0.1) is 34.6 Å². The fourth-order valence-electron chi connectivity index (χ4n) is 5.11. The van der Waals surface area contributed by atoms with E-state index in [1.807, 2.05) is 34.6 Å². The normalized spacial score (nSPS) is 14.5. The van der Waals surface area contributed by atoms with Gasteiger partial charge in [0.25, 0.3) is 11.8 Å². The van der Waals surface area contributed by atoms with Crippen LogP contribution in [-0.4, -0.2) is 62.2 Å². The third-order valence-electron chi connectivity index (χ3n) is 8.00. The summed E-state index contributed by atoms with van der Waals surface area (Å²) >= 11 is 0. The topological polar surface area (TPSA) is 96.0 Å². The molecule has 0 aliphatic carbocycles. The fraction of sp³-hybridized carbons (Fsp3) is 0.355. The number of rotatable bonds is 7. The molecule has 1 saturated heterocycles. The average Bonchev–Trinajstić information content (AvgIpc) is 2.97. The predicted molar refractivity (Wildman–Crippen MR) is 157 cm³/mol. The second-order valence-corrected chi connectivity index (χ2v) is 12.5. The Labute approximate surface area is 249 Å². The van der Waals surface area contributed by atoms with E-state index in [-0.39, 0.29) is 37.8 Å². The lowest BCUT2D eigenvalue weighted by Gasteiger charge is -2.35. The molecule has 1 aliphatic rings. The van der Waals surface area contributed by atoms with Crippen molar-refractivity contribution in [2.75, 3.05) is 38.1 Å². The number of carbonyl (C=O) groups is 2. The number of hydrogen-bond acceptors (Lipinski definition) is 5. The van der Waals surface area contributed by atoms with Gasteiger partial charge in [0.1, 0.15) is 5.75 Å². The smallest absolute Gasteiger partial charge is 0.416 e. The van der Waals surface area contributed by atoms with Crippen LogP contribution in [0.15, 0.2) is 53.4 Å². The first-order chi connectivity index (χ1) is 20.1. The van der Waals surface area contributed by atoms with Crippen molar-refractivity contribution in [2.45, 2.75) is 45.7 Å². The lowest BCUT2D eigenvalue weighted by atomic mass is 9.95. The van der Waals surface area contributed by atoms with Crippen molar-refractivity contribution in [3.05, 3.63) is 87.5 Å². The Morgan fingerprint density at radius 3 is 1.95 bits per heavy atom. The zero-order valence-corrected chi connectivity index (χ0v) is 25.4. The number of alkyl halides is 3. The Balaban J connectivity index is 1.33. The van der Waals surface area contributed by atoms with Gasteiger partial charge in [-0.25, -0.2) is 8.42 Å². The summed E-state index contributed by atoms with van der Waals surface area (Å²) < 4.78 is 72.8. The maximum atomic E-state index is 13.6. The van der Waals surface area contributed by atoms with Crippen molar-refractivity contribution in [3.8, 4) is 5.75 Å². The number of ether oxygens (including phenoxy) is 1. The number of piperazine rings is 1. The quantitative estimate of drug-likeness (QED) is 0.383. The van der Waals surface area contributed by atoms with Crippen molar-refractivity contribution < 1.29 is 35.9 Å². The van der Waals surface area contributed by atoms with Gasteiger partial charge in [0.15, 0.2) is 6.61 Å². The number of halogens is 3. The van der Waals surface area contributed by atoms with E-state index < -0.39 is 34.3 Å². The van der Waals surface area contributed by atoms with Crippen LogP contribution in [0.1, 0.15) is 43.7 Å². The summed E-state index contributed by atoms with van der Waals surface area (Å²) in [5, 5.41) is 2.36. The molecule has 2 amide bonds. The van der Waals surface area contributed by atoms with E-state index >= 15 is 0 Å². The van der Waals surface area contributed by atoms with Gasteiger partial charge >= 0.3 is 6.18 Å². The van der Waals surface area contributed by atoms with Gasteiger partial charge in [-0.05, 0) is 105 Å². The first-order valence-corrected chi connectivity index (χ1v) is 15.1. The van der Waals surface area contributed by atoms with Gasteiger partial charge in [-0.2, -0.15) is 17.5 Å². The fourth-order valence-corrected chi connectivity index (χ4v) is 7.09. The number of carbonyl (C=O) groups excluding carboxylic acids is 2. The van der Waals surface area contributed by atoms with Crippen LogP contribution in [0.5, 0.6) is 5.75 Å². The molecule has 0 bridgehead atoms. The van der Waals surface area contributed by atoms with Crippen LogP contribution in [0.3, 0.4) is 0 Å². The molecule has 4 rings (SSSR count). The standard InChI is InChI=1S/C31H34F3N3O5S/c1-19-20(2)22(4)29(23(5)21(19)3)43(40,41)37-15-13-36(14-16-37)30(39)24-9-11-27(12-10-24)42-18-28(38)35-26-8-6-7-25(17-26)31(32,33)34/h6-12,17H,13-16,18H2,1-5H3,(H,35,38). The van der Waals surface area contributed by atoms with Crippen LogP contribution in [0.2, 0.25) is 0 Å². The molecule has 0 spiro atoms. The second kappa shape index (κ2) is 12.4. The van der Waals surface area contributed by atoms with Crippen LogP contribution in [-0.2, 0) is 21.0 Å². The highest BCUT2D eigenvalue weighted by atomic mass is 32.2. The number of sulfonamides is 1. The highest BCUT2D eigenvalue weighted by Crippen LogP contribution is 2.32. The molecule has 1 N–H and O–H groups in total. The Morgan fingerprint density at radius 2 is 1.40 bits per heavy atom. The Morgan fingerprint density at radius 1 is 0.837 bits per heavy atom. The Bertz CT molecular complexity index is 1620. The molecular weight excluding hydrogens is 583 g/mol. The minimum Gasteiger partial charge on any atom is -0.484 e. The van der Waals surface area contributed by atoms with Gasteiger partial charge in [0.2, 0.25) is 10.0 Å². The van der Waals surface area contributed by atoms with Gasteiger partial charge in [0.05, 0.1) is 10.5 Å². The first kappa shape index (κ1) is 32.0. The summed E-state index contributed by atoms with van der Waals surface area (Å²) in [6.07, 6.45) is -4.53. The van der Waals surface area contributed by atoms with Crippen molar-refractivity contribution >= 4 is 27.5 Å². The number of nitrogens with one attached hydrogen (secondary N) is 1. The second-order valence-electron chi connectivity index (χ2n) is 10.6. The highest BCUT2D eigenvalue weighted by molar-refractivity contribution is 7.89. The Hall–Kier alpha value is -3.90. The summed E-state index contributed by atoms with van der Waals surface area (Å²) in [6.45, 7) is 9.86. The minimum absolute atomic E-state index is 0.00775. The molecule has 1 fully saturated rings. The Kier molecular flexibility index (Phi) is 9.22. The summed E-state index contributed by atoms with van der Waals surface area (Å²) in [4.78, 5) is 27.2. The van der Waals surface area contributed by atoms with E-state index in [1.165, 1.54) is 40.7 Å². The largest absolute Gasteiger partial charge is 0.484 e. The molecule has 0 atom stereocenters. The molecule has 12 heteroatoms. The van der Waals surface area contributed by atoms with Gasteiger partial charge < -0.3 is 15.0 Å². The zero-order chi connectivity index (χ0) is 31.7. The highest BCUT2D eigenvalue weighted by Gasteiger charge is 2.34. The SMILES string of the molecule is Cc1c(C)c(C)c(S(=O)(=O)N2CCN(C(=O)c3ccc(OCC(=O)Nc4cccc(C(F)(F)F)c4)cc3)CC2)c(C)c1C. The average molecular weight is 618 g/mol. The summed E-state index contributed by atoms with van der Waals surface area (Å²) in [5.74, 6) is -0.616. The molecule has 3 aromatic rings. The molecular formula is C31H34F3N3O5S. The molecule has 8 nitrogen and oxygen atoms in total. The van der Waals surface area contributed by atoms with Crippen molar-refractivity contribution in [1.29, 1.82) is 0 Å². The van der Waals surface area contributed by atoms with Crippen LogP contribution >= 0.6 is 0 Å². The summed E-state index contributed by atoms with van der Waals surface area (Å²) in [6, 6.07) is 10.4. The molecule has 0 radical (unpaired) electrons. The maximum absolute atomic E-state index is 13.6. The molecule has 0 unspecified atom stereocenters. The number of amides is 2. The van der Waals surface area contributed by atoms with E-state index in [4.69, 9.17) is 4.74 Å². The van der Waals surface area contributed by atoms with Crippen LogP contribution in [0.4, 0.5) is 18.9 Å². The van der Waals surface area contributed by atoms with Gasteiger partial charge in [-0.1, -0.05) is 6.07 Å². The summed E-state index contributed by atoms with van der Waals surface area (Å²) in [7, 11) is -3.75. The number of benzene rings is 3.